The lowest BCUT2D eigenvalue weighted by atomic mass is 9.89. The van der Waals surface area contributed by atoms with Crippen molar-refractivity contribution in [3.63, 3.8) is 0 Å². The molecule has 104 valence electrons. The molecule has 0 aliphatic carbocycles. The van der Waals surface area contributed by atoms with Crippen molar-refractivity contribution in [2.45, 2.75) is 71.7 Å². The first-order valence-corrected chi connectivity index (χ1v) is 7.46. The van der Waals surface area contributed by atoms with Gasteiger partial charge in [-0.05, 0) is 44.1 Å². The maximum absolute atomic E-state index is 6.38. The summed E-state index contributed by atoms with van der Waals surface area (Å²) in [4.78, 5) is 0. The monoisotopic (exact) mass is 270 g/mol. The van der Waals surface area contributed by atoms with Gasteiger partial charge in [-0.25, -0.2) is 0 Å². The van der Waals surface area contributed by atoms with Gasteiger partial charge in [0, 0.05) is 17.6 Å². The summed E-state index contributed by atoms with van der Waals surface area (Å²) in [7, 11) is 0. The smallest absolute Gasteiger partial charge is 0.0624 e. The minimum atomic E-state index is 0.192. The molecule has 0 aromatic carbocycles. The van der Waals surface area contributed by atoms with E-state index in [2.05, 4.69) is 56.7 Å². The molecule has 2 nitrogen and oxygen atoms in total. The second kappa shape index (κ2) is 6.60. The van der Waals surface area contributed by atoms with E-state index in [0.29, 0.717) is 6.04 Å². The van der Waals surface area contributed by atoms with Gasteiger partial charge in [-0.1, -0.05) is 27.7 Å². The van der Waals surface area contributed by atoms with Gasteiger partial charge in [0.05, 0.1) is 5.69 Å². The van der Waals surface area contributed by atoms with Crippen LogP contribution in [0.4, 0.5) is 0 Å². The van der Waals surface area contributed by atoms with E-state index in [1.807, 2.05) is 0 Å². The Morgan fingerprint density at radius 1 is 1.39 bits per heavy atom. The number of rotatable bonds is 6. The van der Waals surface area contributed by atoms with Crippen molar-refractivity contribution in [3.05, 3.63) is 18.0 Å². The highest BCUT2D eigenvalue weighted by Gasteiger charge is 2.21. The zero-order valence-corrected chi connectivity index (χ0v) is 13.2. The predicted octanol–water partition coefficient (Wildman–Crippen LogP) is 4.83. The van der Waals surface area contributed by atoms with Crippen LogP contribution in [0.15, 0.2) is 12.3 Å². The van der Waals surface area contributed by atoms with Crippen molar-refractivity contribution in [1.29, 1.82) is 0 Å². The van der Waals surface area contributed by atoms with Gasteiger partial charge in [-0.3, -0.25) is 4.68 Å². The third kappa shape index (κ3) is 4.64. The van der Waals surface area contributed by atoms with E-state index in [4.69, 9.17) is 11.6 Å². The largest absolute Gasteiger partial charge is 0.270 e. The molecule has 0 aliphatic rings. The van der Waals surface area contributed by atoms with E-state index in [-0.39, 0.29) is 10.8 Å². The Morgan fingerprint density at radius 2 is 2.06 bits per heavy atom. The molecule has 0 N–H and O–H groups in total. The lowest BCUT2D eigenvalue weighted by Crippen LogP contribution is -2.20. The van der Waals surface area contributed by atoms with Crippen LogP contribution in [0.25, 0.3) is 0 Å². The second-order valence-corrected chi connectivity index (χ2v) is 6.80. The van der Waals surface area contributed by atoms with Crippen LogP contribution in [0.5, 0.6) is 0 Å². The summed E-state index contributed by atoms with van der Waals surface area (Å²) in [6, 6.07) is 2.63. The molecular weight excluding hydrogens is 244 g/mol. The fourth-order valence-corrected chi connectivity index (χ4v) is 1.99. The average molecular weight is 271 g/mol. The number of halogens is 1. The number of aromatic nitrogens is 2. The average Bonchev–Trinajstić information content (AvgIpc) is 2.75. The van der Waals surface area contributed by atoms with Gasteiger partial charge in [-0.15, -0.1) is 11.6 Å². The SMILES string of the molecule is CCC(C)n1ccc(CCCC(Cl)C(C)(C)C)n1. The van der Waals surface area contributed by atoms with Gasteiger partial charge in [0.15, 0.2) is 0 Å². The van der Waals surface area contributed by atoms with E-state index in [0.717, 1.165) is 25.7 Å². The molecule has 1 aromatic rings. The molecule has 0 saturated carbocycles. The quantitative estimate of drug-likeness (QED) is 0.677. The molecule has 2 unspecified atom stereocenters. The molecule has 3 heteroatoms. The van der Waals surface area contributed by atoms with Gasteiger partial charge in [0.1, 0.15) is 0 Å². The van der Waals surface area contributed by atoms with Crippen molar-refractivity contribution in [3.8, 4) is 0 Å². The highest BCUT2D eigenvalue weighted by Crippen LogP contribution is 2.28. The molecule has 1 aromatic heterocycles. The van der Waals surface area contributed by atoms with Crippen LogP contribution >= 0.6 is 11.6 Å². The zero-order chi connectivity index (χ0) is 13.8. The molecule has 0 aliphatic heterocycles. The van der Waals surface area contributed by atoms with Gasteiger partial charge < -0.3 is 0 Å². The number of alkyl halides is 1. The van der Waals surface area contributed by atoms with Gasteiger partial charge >= 0.3 is 0 Å². The molecule has 2 atom stereocenters. The fourth-order valence-electron chi connectivity index (χ4n) is 1.84. The molecule has 0 amide bonds. The Hall–Kier alpha value is -0.500. The van der Waals surface area contributed by atoms with E-state index in [9.17, 15) is 0 Å². The predicted molar refractivity (Wildman–Crippen MR) is 79.3 cm³/mol. The molecule has 18 heavy (non-hydrogen) atoms. The van der Waals surface area contributed by atoms with E-state index >= 15 is 0 Å². The first kappa shape index (κ1) is 15.6. The summed E-state index contributed by atoms with van der Waals surface area (Å²) in [5.74, 6) is 0. The Kier molecular flexibility index (Phi) is 5.71. The third-order valence-electron chi connectivity index (χ3n) is 3.54. The third-order valence-corrected chi connectivity index (χ3v) is 4.41. The van der Waals surface area contributed by atoms with Crippen LogP contribution in [-0.2, 0) is 6.42 Å². The van der Waals surface area contributed by atoms with Gasteiger partial charge in [-0.2, -0.15) is 5.10 Å². The number of hydrogen-bond acceptors (Lipinski definition) is 1. The topological polar surface area (TPSA) is 17.8 Å². The van der Waals surface area contributed by atoms with Crippen LogP contribution in [0.2, 0.25) is 0 Å². The number of hydrogen-bond donors (Lipinski definition) is 0. The van der Waals surface area contributed by atoms with Crippen LogP contribution in [0, 0.1) is 5.41 Å². The van der Waals surface area contributed by atoms with Crippen molar-refractivity contribution in [2.24, 2.45) is 5.41 Å². The molecule has 0 saturated heterocycles. The Balaban J connectivity index is 2.38. The summed E-state index contributed by atoms with van der Waals surface area (Å²) >= 11 is 6.38. The summed E-state index contributed by atoms with van der Waals surface area (Å²) in [6.07, 6.45) is 6.41. The van der Waals surface area contributed by atoms with Crippen LogP contribution in [0.3, 0.4) is 0 Å². The minimum absolute atomic E-state index is 0.192. The highest BCUT2D eigenvalue weighted by molar-refractivity contribution is 6.21. The van der Waals surface area contributed by atoms with Crippen LogP contribution in [-0.4, -0.2) is 15.2 Å². The van der Waals surface area contributed by atoms with Crippen molar-refractivity contribution < 1.29 is 0 Å². The first-order valence-electron chi connectivity index (χ1n) is 7.02. The maximum Gasteiger partial charge on any atom is 0.0624 e. The molecule has 0 spiro atoms. The van der Waals surface area contributed by atoms with Gasteiger partial charge in [0.2, 0.25) is 0 Å². The van der Waals surface area contributed by atoms with Crippen LogP contribution in [0.1, 0.15) is 65.6 Å². The molecule has 1 heterocycles. The number of nitrogens with zero attached hydrogens (tertiary/aromatic N) is 2. The summed E-state index contributed by atoms with van der Waals surface area (Å²) in [5, 5.41) is 4.86. The summed E-state index contributed by atoms with van der Waals surface area (Å²) in [6.45, 7) is 11.0. The van der Waals surface area contributed by atoms with Crippen LogP contribution < -0.4 is 0 Å². The van der Waals surface area contributed by atoms with Gasteiger partial charge in [0.25, 0.3) is 0 Å². The highest BCUT2D eigenvalue weighted by atomic mass is 35.5. The Morgan fingerprint density at radius 3 is 2.61 bits per heavy atom. The zero-order valence-electron chi connectivity index (χ0n) is 12.4. The Bertz CT molecular complexity index is 352. The first-order chi connectivity index (χ1) is 8.34. The lowest BCUT2D eigenvalue weighted by Gasteiger charge is -2.24. The second-order valence-electron chi connectivity index (χ2n) is 6.27. The molecule has 1 rings (SSSR count). The number of aryl methyl sites for hydroxylation is 1. The molecule has 0 bridgehead atoms. The van der Waals surface area contributed by atoms with Crippen molar-refractivity contribution >= 4 is 11.6 Å². The molecule has 0 radical (unpaired) electrons. The van der Waals surface area contributed by atoms with E-state index < -0.39 is 0 Å². The van der Waals surface area contributed by atoms with E-state index in [1.54, 1.807) is 0 Å². The summed E-state index contributed by atoms with van der Waals surface area (Å²) < 4.78 is 2.07. The fraction of sp³-hybridized carbons (Fsp3) is 0.800. The normalized spacial score (nSPS) is 15.7. The Labute approximate surface area is 117 Å². The summed E-state index contributed by atoms with van der Waals surface area (Å²) in [5.41, 5.74) is 1.38. The molecule has 0 fully saturated rings. The maximum atomic E-state index is 6.38. The lowest BCUT2D eigenvalue weighted by molar-refractivity contribution is 0.368. The van der Waals surface area contributed by atoms with E-state index in [1.165, 1.54) is 5.69 Å². The van der Waals surface area contributed by atoms with Crippen molar-refractivity contribution in [1.82, 2.24) is 9.78 Å². The standard InChI is InChI=1S/C15H27ClN2/c1-6-12(2)18-11-10-13(17-18)8-7-9-14(16)15(3,4)5/h10-12,14H,6-9H2,1-5H3. The van der Waals surface area contributed by atoms with Crippen molar-refractivity contribution in [2.75, 3.05) is 0 Å². The minimum Gasteiger partial charge on any atom is -0.270 e. The molecular formula is C15H27ClN2.